The third kappa shape index (κ3) is 3.23. The summed E-state index contributed by atoms with van der Waals surface area (Å²) in [4.78, 5) is 12.6. The van der Waals surface area contributed by atoms with Crippen LogP contribution in [0.15, 0.2) is 62.6 Å². The predicted octanol–water partition coefficient (Wildman–Crippen LogP) is 4.44. The van der Waals surface area contributed by atoms with Crippen molar-refractivity contribution in [3.05, 3.63) is 69.5 Å². The zero-order valence-corrected chi connectivity index (χ0v) is 12.4. The number of rotatable bonds is 3. The zero-order valence-electron chi connectivity index (χ0n) is 10.9. The Hall–Kier alpha value is -1.91. The van der Waals surface area contributed by atoms with Crippen molar-refractivity contribution in [1.29, 1.82) is 0 Å². The van der Waals surface area contributed by atoms with Gasteiger partial charge in [-0.25, -0.2) is 4.79 Å². The molecule has 0 radical (unpaired) electrons. The van der Waals surface area contributed by atoms with E-state index >= 15 is 0 Å². The minimum absolute atomic E-state index is 0.0743. The fourth-order valence-corrected chi connectivity index (χ4v) is 3.26. The Balaban J connectivity index is 1.95. The van der Waals surface area contributed by atoms with E-state index in [1.165, 1.54) is 12.1 Å². The van der Waals surface area contributed by atoms with Gasteiger partial charge in [-0.05, 0) is 35.9 Å². The highest BCUT2D eigenvalue weighted by molar-refractivity contribution is 7.98. The molecule has 0 spiro atoms. The Kier molecular flexibility index (Phi) is 3.90. The number of hydrogen-bond donors (Lipinski definition) is 1. The fraction of sp³-hybridized carbons (Fsp3) is 0.0625. The van der Waals surface area contributed by atoms with Crippen molar-refractivity contribution in [2.75, 3.05) is 0 Å². The lowest BCUT2D eigenvalue weighted by Gasteiger charge is -2.06. The summed E-state index contributed by atoms with van der Waals surface area (Å²) < 4.78 is 5.11. The highest BCUT2D eigenvalue weighted by Gasteiger charge is 2.07. The molecular weight excluding hydrogens is 308 g/mol. The van der Waals surface area contributed by atoms with E-state index in [9.17, 15) is 9.90 Å². The lowest BCUT2D eigenvalue weighted by molar-refractivity contribution is 0.473. The molecule has 0 aliphatic rings. The minimum Gasteiger partial charge on any atom is -0.508 e. The molecule has 3 rings (SSSR count). The van der Waals surface area contributed by atoms with Crippen LogP contribution in [0.2, 0.25) is 5.02 Å². The van der Waals surface area contributed by atoms with E-state index in [0.29, 0.717) is 16.4 Å². The molecule has 0 aliphatic heterocycles. The molecule has 0 unspecified atom stereocenters. The largest absolute Gasteiger partial charge is 0.508 e. The van der Waals surface area contributed by atoms with Gasteiger partial charge in [0.25, 0.3) is 0 Å². The van der Waals surface area contributed by atoms with Gasteiger partial charge >= 0.3 is 5.63 Å². The molecule has 0 fully saturated rings. The van der Waals surface area contributed by atoms with Gasteiger partial charge in [-0.1, -0.05) is 17.7 Å². The van der Waals surface area contributed by atoms with Crippen molar-refractivity contribution in [2.45, 2.75) is 10.6 Å². The molecule has 3 aromatic rings. The van der Waals surface area contributed by atoms with E-state index in [1.54, 1.807) is 23.9 Å². The van der Waals surface area contributed by atoms with E-state index < -0.39 is 5.63 Å². The van der Waals surface area contributed by atoms with Crippen molar-refractivity contribution in [1.82, 2.24) is 0 Å². The van der Waals surface area contributed by atoms with Gasteiger partial charge in [0.05, 0.1) is 0 Å². The Morgan fingerprint density at radius 3 is 2.81 bits per heavy atom. The molecule has 5 heteroatoms. The number of hydrogen-bond acceptors (Lipinski definition) is 4. The average Bonchev–Trinajstić information content (AvgIpc) is 2.44. The first-order valence-electron chi connectivity index (χ1n) is 6.26. The Bertz CT molecular complexity index is 858. The summed E-state index contributed by atoms with van der Waals surface area (Å²) in [6.45, 7) is 0. The first-order valence-corrected chi connectivity index (χ1v) is 7.62. The van der Waals surface area contributed by atoms with Gasteiger partial charge in [-0.2, -0.15) is 0 Å². The third-order valence-electron chi connectivity index (χ3n) is 3.00. The van der Waals surface area contributed by atoms with Crippen molar-refractivity contribution in [3.8, 4) is 5.75 Å². The van der Waals surface area contributed by atoms with Crippen LogP contribution in [0, 0.1) is 0 Å². The van der Waals surface area contributed by atoms with Crippen LogP contribution in [-0.4, -0.2) is 5.11 Å². The number of phenols is 1. The van der Waals surface area contributed by atoms with Crippen molar-refractivity contribution >= 4 is 34.3 Å². The van der Waals surface area contributed by atoms with Gasteiger partial charge in [0, 0.05) is 33.2 Å². The molecule has 1 N–H and O–H groups in total. The van der Waals surface area contributed by atoms with E-state index in [0.717, 1.165) is 15.8 Å². The average molecular weight is 319 g/mol. The number of aromatic hydroxyl groups is 1. The summed E-state index contributed by atoms with van der Waals surface area (Å²) in [5.74, 6) is 0.693. The molecule has 0 atom stereocenters. The molecule has 0 bridgehead atoms. The Morgan fingerprint density at radius 2 is 2.00 bits per heavy atom. The predicted molar refractivity (Wildman–Crippen MR) is 85.2 cm³/mol. The monoisotopic (exact) mass is 318 g/mol. The summed E-state index contributed by atoms with van der Waals surface area (Å²) >= 11 is 7.55. The highest BCUT2D eigenvalue weighted by atomic mass is 35.5. The molecule has 2 aromatic carbocycles. The fourth-order valence-electron chi connectivity index (χ4n) is 2.06. The van der Waals surface area contributed by atoms with Crippen LogP contribution in [0.3, 0.4) is 0 Å². The quantitative estimate of drug-likeness (QED) is 0.573. The van der Waals surface area contributed by atoms with Crippen molar-refractivity contribution < 1.29 is 9.52 Å². The van der Waals surface area contributed by atoms with Gasteiger partial charge in [0.15, 0.2) is 0 Å². The topological polar surface area (TPSA) is 50.4 Å². The van der Waals surface area contributed by atoms with Crippen molar-refractivity contribution in [3.63, 3.8) is 0 Å². The minimum atomic E-state index is -0.421. The van der Waals surface area contributed by atoms with Crippen LogP contribution >= 0.6 is 23.4 Å². The second-order valence-electron chi connectivity index (χ2n) is 4.52. The molecule has 0 saturated heterocycles. The van der Waals surface area contributed by atoms with Gasteiger partial charge in [-0.3, -0.25) is 0 Å². The van der Waals surface area contributed by atoms with Crippen LogP contribution in [0.5, 0.6) is 5.75 Å². The van der Waals surface area contributed by atoms with E-state index in [-0.39, 0.29) is 5.75 Å². The van der Waals surface area contributed by atoms with Crippen LogP contribution in [0.4, 0.5) is 0 Å². The maximum Gasteiger partial charge on any atom is 0.336 e. The van der Waals surface area contributed by atoms with E-state index in [1.807, 2.05) is 24.3 Å². The van der Waals surface area contributed by atoms with Gasteiger partial charge < -0.3 is 9.52 Å². The Labute approximate surface area is 130 Å². The zero-order chi connectivity index (χ0) is 14.8. The molecule has 1 aromatic heterocycles. The van der Waals surface area contributed by atoms with E-state index in [4.69, 9.17) is 16.0 Å². The highest BCUT2D eigenvalue weighted by Crippen LogP contribution is 2.29. The standard InChI is InChI=1S/C16H11ClO3S/c17-11-2-1-3-13(7-11)21-9-10-6-16(19)20-15-8-12(18)4-5-14(10)15/h1-8,18H,9H2. The number of phenolic OH excluding ortho intramolecular Hbond substituents is 1. The molecule has 3 nitrogen and oxygen atoms in total. The maximum atomic E-state index is 11.6. The number of fused-ring (bicyclic) bond motifs is 1. The van der Waals surface area contributed by atoms with Crippen LogP contribution in [0.1, 0.15) is 5.56 Å². The number of benzene rings is 2. The van der Waals surface area contributed by atoms with Crippen LogP contribution in [0.25, 0.3) is 11.0 Å². The molecular formula is C16H11ClO3S. The Morgan fingerprint density at radius 1 is 1.14 bits per heavy atom. The first-order chi connectivity index (χ1) is 10.1. The summed E-state index contributed by atoms with van der Waals surface area (Å²) in [6.07, 6.45) is 0. The molecule has 21 heavy (non-hydrogen) atoms. The maximum absolute atomic E-state index is 11.6. The first kappa shape index (κ1) is 14.0. The van der Waals surface area contributed by atoms with Gasteiger partial charge in [0.1, 0.15) is 11.3 Å². The SMILES string of the molecule is O=c1cc(CSc2cccc(Cl)c2)c2ccc(O)cc2o1. The summed E-state index contributed by atoms with van der Waals surface area (Å²) in [6, 6.07) is 13.8. The second kappa shape index (κ2) is 5.84. The van der Waals surface area contributed by atoms with E-state index in [2.05, 4.69) is 0 Å². The van der Waals surface area contributed by atoms with Crippen LogP contribution in [-0.2, 0) is 5.75 Å². The summed E-state index contributed by atoms with van der Waals surface area (Å²) in [5, 5.41) is 11.0. The number of halogens is 1. The van der Waals surface area contributed by atoms with Gasteiger partial charge in [-0.15, -0.1) is 11.8 Å². The molecule has 0 saturated carbocycles. The molecule has 1 heterocycles. The molecule has 106 valence electrons. The molecule has 0 aliphatic carbocycles. The summed E-state index contributed by atoms with van der Waals surface area (Å²) in [5.41, 5.74) is 0.838. The smallest absolute Gasteiger partial charge is 0.336 e. The normalized spacial score (nSPS) is 10.9. The molecule has 0 amide bonds. The third-order valence-corrected chi connectivity index (χ3v) is 4.28. The van der Waals surface area contributed by atoms with Crippen molar-refractivity contribution in [2.24, 2.45) is 0 Å². The lowest BCUT2D eigenvalue weighted by Crippen LogP contribution is -1.99. The van der Waals surface area contributed by atoms with Crippen LogP contribution < -0.4 is 5.63 Å². The summed E-state index contributed by atoms with van der Waals surface area (Å²) in [7, 11) is 0. The number of thioether (sulfide) groups is 1. The second-order valence-corrected chi connectivity index (χ2v) is 6.00. The van der Waals surface area contributed by atoms with Gasteiger partial charge in [0.2, 0.25) is 0 Å². The lowest BCUT2D eigenvalue weighted by atomic mass is 10.1.